The molecule has 2 aromatic rings. The highest BCUT2D eigenvalue weighted by atomic mass is 32.2. The first kappa shape index (κ1) is 16.6. The van der Waals surface area contributed by atoms with Crippen LogP contribution < -0.4 is 5.32 Å². The van der Waals surface area contributed by atoms with Crippen LogP contribution in [0, 0.1) is 5.82 Å². The lowest BCUT2D eigenvalue weighted by molar-refractivity contribution is -0.120. The van der Waals surface area contributed by atoms with Gasteiger partial charge in [-0.2, -0.15) is 0 Å². The zero-order chi connectivity index (χ0) is 15.9. The Kier molecular flexibility index (Phi) is 6.01. The summed E-state index contributed by atoms with van der Waals surface area (Å²) in [6.45, 7) is 3.75. The van der Waals surface area contributed by atoms with Crippen LogP contribution in [0.1, 0.15) is 31.0 Å². The molecular formula is C18H20FNOS. The highest BCUT2D eigenvalue weighted by Gasteiger charge is 2.16. The first-order chi connectivity index (χ1) is 10.6. The number of hydrogen-bond acceptors (Lipinski definition) is 2. The molecule has 0 aliphatic heterocycles. The van der Waals surface area contributed by atoms with Crippen molar-refractivity contribution in [1.82, 2.24) is 5.32 Å². The first-order valence-corrected chi connectivity index (χ1v) is 8.32. The molecule has 0 spiro atoms. The van der Waals surface area contributed by atoms with Gasteiger partial charge in [0.15, 0.2) is 0 Å². The second-order valence-electron chi connectivity index (χ2n) is 5.22. The number of benzene rings is 2. The number of carbonyl (C=O) groups excluding carboxylic acids is 1. The monoisotopic (exact) mass is 317 g/mol. The Bertz CT molecular complexity index is 617. The van der Waals surface area contributed by atoms with Crippen molar-refractivity contribution in [1.29, 1.82) is 0 Å². The molecule has 0 heterocycles. The first-order valence-electron chi connectivity index (χ1n) is 7.27. The molecule has 2 nitrogen and oxygen atoms in total. The largest absolute Gasteiger partial charge is 0.349 e. The third-order valence-electron chi connectivity index (χ3n) is 3.42. The second kappa shape index (κ2) is 7.99. The Morgan fingerprint density at radius 2 is 1.86 bits per heavy atom. The Labute approximate surface area is 135 Å². The predicted molar refractivity (Wildman–Crippen MR) is 90.2 cm³/mol. The van der Waals surface area contributed by atoms with Crippen LogP contribution >= 0.6 is 11.8 Å². The normalized spacial score (nSPS) is 13.4. The van der Waals surface area contributed by atoms with E-state index in [2.05, 4.69) is 5.32 Å². The number of halogens is 1. The van der Waals surface area contributed by atoms with Gasteiger partial charge in [-0.25, -0.2) is 4.39 Å². The average molecular weight is 317 g/mol. The lowest BCUT2D eigenvalue weighted by atomic mass is 10.1. The Balaban J connectivity index is 1.85. The van der Waals surface area contributed by atoms with Gasteiger partial charge in [0.25, 0.3) is 0 Å². The van der Waals surface area contributed by atoms with Crippen molar-refractivity contribution in [2.45, 2.75) is 30.9 Å². The highest BCUT2D eigenvalue weighted by molar-refractivity contribution is 7.99. The van der Waals surface area contributed by atoms with Gasteiger partial charge in [-0.05, 0) is 37.1 Å². The fourth-order valence-electron chi connectivity index (χ4n) is 2.06. The SMILES string of the molecule is C[C@H](SCc1ccccc1)C(=O)N[C@@H](C)c1cccc(F)c1. The van der Waals surface area contributed by atoms with E-state index in [0.29, 0.717) is 0 Å². The summed E-state index contributed by atoms with van der Waals surface area (Å²) in [6, 6.07) is 16.2. The predicted octanol–water partition coefficient (Wildman–Crippen LogP) is 4.32. The summed E-state index contributed by atoms with van der Waals surface area (Å²) >= 11 is 1.59. The molecule has 22 heavy (non-hydrogen) atoms. The average Bonchev–Trinajstić information content (AvgIpc) is 2.53. The quantitative estimate of drug-likeness (QED) is 0.859. The van der Waals surface area contributed by atoms with Crippen LogP contribution in [0.15, 0.2) is 54.6 Å². The molecule has 0 fully saturated rings. The summed E-state index contributed by atoms with van der Waals surface area (Å²) in [5.74, 6) is 0.479. The minimum absolute atomic E-state index is 0.0299. The molecule has 0 bridgehead atoms. The summed E-state index contributed by atoms with van der Waals surface area (Å²) < 4.78 is 13.2. The molecule has 2 atom stereocenters. The number of nitrogens with one attached hydrogen (secondary N) is 1. The zero-order valence-electron chi connectivity index (χ0n) is 12.8. The third kappa shape index (κ3) is 4.88. The van der Waals surface area contributed by atoms with Gasteiger partial charge in [0.2, 0.25) is 5.91 Å². The van der Waals surface area contributed by atoms with E-state index in [0.717, 1.165) is 11.3 Å². The van der Waals surface area contributed by atoms with Crippen molar-refractivity contribution in [2.24, 2.45) is 0 Å². The van der Waals surface area contributed by atoms with Gasteiger partial charge >= 0.3 is 0 Å². The summed E-state index contributed by atoms with van der Waals surface area (Å²) in [6.07, 6.45) is 0. The molecule has 2 rings (SSSR count). The van der Waals surface area contributed by atoms with Crippen molar-refractivity contribution in [3.8, 4) is 0 Å². The molecule has 116 valence electrons. The molecule has 4 heteroatoms. The molecule has 0 aliphatic rings. The van der Waals surface area contributed by atoms with E-state index in [1.54, 1.807) is 17.8 Å². The molecule has 0 saturated heterocycles. The Morgan fingerprint density at radius 3 is 2.55 bits per heavy atom. The standard InChI is InChI=1S/C18H20FNOS/c1-13(16-9-6-10-17(19)11-16)20-18(21)14(2)22-12-15-7-4-3-5-8-15/h3-11,13-14H,12H2,1-2H3,(H,20,21)/t13-,14-/m0/s1. The van der Waals surface area contributed by atoms with Crippen LogP contribution in [0.5, 0.6) is 0 Å². The molecule has 1 amide bonds. The van der Waals surface area contributed by atoms with E-state index in [1.807, 2.05) is 50.2 Å². The van der Waals surface area contributed by atoms with Crippen molar-refractivity contribution < 1.29 is 9.18 Å². The van der Waals surface area contributed by atoms with Gasteiger partial charge in [0, 0.05) is 5.75 Å². The van der Waals surface area contributed by atoms with Crippen LogP contribution in [0.3, 0.4) is 0 Å². The third-order valence-corrected chi connectivity index (χ3v) is 4.63. The number of thioether (sulfide) groups is 1. The van der Waals surface area contributed by atoms with Gasteiger partial charge in [0.1, 0.15) is 5.82 Å². The van der Waals surface area contributed by atoms with Crippen molar-refractivity contribution in [3.63, 3.8) is 0 Å². The van der Waals surface area contributed by atoms with Gasteiger partial charge in [-0.1, -0.05) is 42.5 Å². The van der Waals surface area contributed by atoms with E-state index in [1.165, 1.54) is 17.7 Å². The van der Waals surface area contributed by atoms with E-state index in [9.17, 15) is 9.18 Å². The molecule has 0 unspecified atom stereocenters. The van der Waals surface area contributed by atoms with Crippen LogP contribution in [0.4, 0.5) is 4.39 Å². The minimum atomic E-state index is -0.287. The maximum absolute atomic E-state index is 13.2. The topological polar surface area (TPSA) is 29.1 Å². The van der Waals surface area contributed by atoms with Gasteiger partial charge in [-0.15, -0.1) is 11.8 Å². The number of carbonyl (C=O) groups is 1. The molecule has 0 radical (unpaired) electrons. The minimum Gasteiger partial charge on any atom is -0.349 e. The lowest BCUT2D eigenvalue weighted by Gasteiger charge is -2.18. The van der Waals surface area contributed by atoms with E-state index in [-0.39, 0.29) is 23.0 Å². The molecule has 0 aromatic heterocycles. The van der Waals surface area contributed by atoms with E-state index in [4.69, 9.17) is 0 Å². The fourth-order valence-corrected chi connectivity index (χ4v) is 2.92. The van der Waals surface area contributed by atoms with Crippen molar-refractivity contribution >= 4 is 17.7 Å². The number of amides is 1. The Hall–Kier alpha value is -1.81. The number of rotatable bonds is 6. The fraction of sp³-hybridized carbons (Fsp3) is 0.278. The van der Waals surface area contributed by atoms with Crippen molar-refractivity contribution in [2.75, 3.05) is 0 Å². The maximum atomic E-state index is 13.2. The smallest absolute Gasteiger partial charge is 0.233 e. The van der Waals surface area contributed by atoms with Crippen LogP contribution in [0.25, 0.3) is 0 Å². The zero-order valence-corrected chi connectivity index (χ0v) is 13.6. The molecular weight excluding hydrogens is 297 g/mol. The summed E-state index contributed by atoms with van der Waals surface area (Å²) in [5.41, 5.74) is 1.97. The molecule has 2 aromatic carbocycles. The number of hydrogen-bond donors (Lipinski definition) is 1. The van der Waals surface area contributed by atoms with E-state index < -0.39 is 0 Å². The van der Waals surface area contributed by atoms with Crippen molar-refractivity contribution in [3.05, 3.63) is 71.5 Å². The summed E-state index contributed by atoms with van der Waals surface area (Å²) in [5, 5.41) is 2.78. The maximum Gasteiger partial charge on any atom is 0.233 e. The van der Waals surface area contributed by atoms with Crippen LogP contribution in [-0.2, 0) is 10.5 Å². The molecule has 0 saturated carbocycles. The van der Waals surface area contributed by atoms with Gasteiger partial charge < -0.3 is 5.32 Å². The summed E-state index contributed by atoms with van der Waals surface area (Å²) in [7, 11) is 0. The van der Waals surface area contributed by atoms with Crippen LogP contribution in [-0.4, -0.2) is 11.2 Å². The molecule has 0 aliphatic carbocycles. The second-order valence-corrected chi connectivity index (χ2v) is 6.55. The highest BCUT2D eigenvalue weighted by Crippen LogP contribution is 2.19. The van der Waals surface area contributed by atoms with Crippen LogP contribution in [0.2, 0.25) is 0 Å². The van der Waals surface area contributed by atoms with E-state index >= 15 is 0 Å². The molecule has 1 N–H and O–H groups in total. The lowest BCUT2D eigenvalue weighted by Crippen LogP contribution is -2.33. The van der Waals surface area contributed by atoms with Gasteiger partial charge in [-0.3, -0.25) is 4.79 Å². The Morgan fingerprint density at radius 1 is 1.14 bits per heavy atom. The van der Waals surface area contributed by atoms with Gasteiger partial charge in [0.05, 0.1) is 11.3 Å². The summed E-state index contributed by atoms with van der Waals surface area (Å²) in [4.78, 5) is 12.2.